The first kappa shape index (κ1) is 13.3. The van der Waals surface area contributed by atoms with E-state index in [-0.39, 0.29) is 17.2 Å². The molecule has 1 aromatic heterocycles. The lowest BCUT2D eigenvalue weighted by atomic mass is 10.2. The number of primary amides is 1. The third-order valence-electron chi connectivity index (χ3n) is 2.72. The highest BCUT2D eigenvalue weighted by Gasteiger charge is 2.43. The van der Waals surface area contributed by atoms with Crippen LogP contribution in [0.1, 0.15) is 6.42 Å². The summed E-state index contributed by atoms with van der Waals surface area (Å²) in [5.74, 6) is -0.764. The van der Waals surface area contributed by atoms with E-state index in [0.717, 1.165) is 15.6 Å². The highest BCUT2D eigenvalue weighted by Crippen LogP contribution is 2.30. The molecule has 2 heterocycles. The molecular weight excluding hydrogens is 278 g/mol. The van der Waals surface area contributed by atoms with Gasteiger partial charge in [-0.05, 0) is 6.07 Å². The Morgan fingerprint density at radius 1 is 1.56 bits per heavy atom. The Bertz CT molecular complexity index is 568. The van der Waals surface area contributed by atoms with Crippen LogP contribution in [0.15, 0.2) is 15.7 Å². The molecular formula is C9H13N3O4S2. The van der Waals surface area contributed by atoms with Gasteiger partial charge in [0.1, 0.15) is 10.3 Å². The number of hydrogen-bond donors (Lipinski definition) is 3. The number of carbonyl (C=O) groups is 1. The average molecular weight is 291 g/mol. The van der Waals surface area contributed by atoms with E-state index in [1.54, 1.807) is 0 Å². The quantitative estimate of drug-likeness (QED) is 0.654. The van der Waals surface area contributed by atoms with Gasteiger partial charge in [-0.15, -0.1) is 11.3 Å². The molecule has 18 heavy (non-hydrogen) atoms. The Balaban J connectivity index is 2.38. The standard InChI is InChI=1S/C9H13N3O4S2/c10-5-1-8(17-4-5)18(15,16)12-3-6(13)2-7(12)9(11)14/h1,4,6-7,13H,2-3,10H2,(H2,11,14). The van der Waals surface area contributed by atoms with Crippen molar-refractivity contribution in [1.82, 2.24) is 4.31 Å². The number of thiophene rings is 1. The summed E-state index contributed by atoms with van der Waals surface area (Å²) in [4.78, 5) is 11.2. The van der Waals surface area contributed by atoms with Gasteiger partial charge in [0, 0.05) is 24.0 Å². The Morgan fingerprint density at radius 3 is 2.72 bits per heavy atom. The van der Waals surface area contributed by atoms with Crippen LogP contribution in [0.5, 0.6) is 0 Å². The molecule has 1 aromatic rings. The molecule has 0 bridgehead atoms. The lowest BCUT2D eigenvalue weighted by Crippen LogP contribution is -2.43. The van der Waals surface area contributed by atoms with Crippen LogP contribution in [0.25, 0.3) is 0 Å². The minimum atomic E-state index is -3.83. The Labute approximate surface area is 108 Å². The molecule has 7 nitrogen and oxygen atoms in total. The normalized spacial score (nSPS) is 25.4. The minimum Gasteiger partial charge on any atom is -0.398 e. The minimum absolute atomic E-state index is 0.0232. The maximum Gasteiger partial charge on any atom is 0.253 e. The number of carbonyl (C=O) groups excluding carboxylic acids is 1. The molecule has 9 heteroatoms. The van der Waals surface area contributed by atoms with Gasteiger partial charge >= 0.3 is 0 Å². The number of aliphatic hydroxyl groups is 1. The molecule has 0 radical (unpaired) electrons. The SMILES string of the molecule is NC(=O)C1CC(O)CN1S(=O)(=O)c1cc(N)cs1. The van der Waals surface area contributed by atoms with Gasteiger partial charge in [-0.1, -0.05) is 0 Å². The zero-order chi connectivity index (χ0) is 13.5. The fourth-order valence-electron chi connectivity index (χ4n) is 1.89. The molecule has 0 spiro atoms. The van der Waals surface area contributed by atoms with Crippen LogP contribution in [0.3, 0.4) is 0 Å². The van der Waals surface area contributed by atoms with Gasteiger partial charge in [0.05, 0.1) is 6.10 Å². The van der Waals surface area contributed by atoms with Crippen molar-refractivity contribution < 1.29 is 18.3 Å². The third-order valence-corrected chi connectivity index (χ3v) is 6.03. The van der Waals surface area contributed by atoms with Gasteiger partial charge in [0.25, 0.3) is 10.0 Å². The highest BCUT2D eigenvalue weighted by molar-refractivity contribution is 7.91. The smallest absolute Gasteiger partial charge is 0.253 e. The molecule has 2 rings (SSSR count). The van der Waals surface area contributed by atoms with Crippen molar-refractivity contribution in [3.8, 4) is 0 Å². The third kappa shape index (κ3) is 2.21. The molecule has 0 saturated carbocycles. The Hall–Kier alpha value is -1.16. The molecule has 100 valence electrons. The van der Waals surface area contributed by atoms with Crippen molar-refractivity contribution in [3.63, 3.8) is 0 Å². The van der Waals surface area contributed by atoms with Crippen molar-refractivity contribution in [2.45, 2.75) is 22.8 Å². The number of nitrogens with two attached hydrogens (primary N) is 2. The summed E-state index contributed by atoms with van der Waals surface area (Å²) in [7, 11) is -3.83. The van der Waals surface area contributed by atoms with Gasteiger partial charge in [0.2, 0.25) is 5.91 Å². The second-order valence-corrected chi connectivity index (χ2v) is 7.11. The summed E-state index contributed by atoms with van der Waals surface area (Å²) in [6.07, 6.45) is -0.857. The van der Waals surface area contributed by atoms with E-state index in [1.807, 2.05) is 0 Å². The van der Waals surface area contributed by atoms with E-state index in [1.165, 1.54) is 11.4 Å². The molecule has 2 unspecified atom stereocenters. The molecule has 1 amide bonds. The average Bonchev–Trinajstić information content (AvgIpc) is 2.84. The number of hydrogen-bond acceptors (Lipinski definition) is 6. The fraction of sp³-hybridized carbons (Fsp3) is 0.444. The number of β-amino-alcohol motifs (C(OH)–C–C–N with tert-alkyl or cyclic N) is 1. The number of nitrogen functional groups attached to an aromatic ring is 1. The van der Waals surface area contributed by atoms with Crippen molar-refractivity contribution in [3.05, 3.63) is 11.4 Å². The number of sulfonamides is 1. The summed E-state index contributed by atoms with van der Waals surface area (Å²) < 4.78 is 25.5. The Kier molecular flexibility index (Phi) is 3.32. The number of anilines is 1. The number of aliphatic hydroxyl groups excluding tert-OH is 1. The monoisotopic (exact) mass is 291 g/mol. The second kappa shape index (κ2) is 4.50. The van der Waals surface area contributed by atoms with E-state index in [2.05, 4.69) is 0 Å². The molecule has 1 saturated heterocycles. The van der Waals surface area contributed by atoms with Crippen molar-refractivity contribution in [2.75, 3.05) is 12.3 Å². The number of nitrogens with zero attached hydrogens (tertiary/aromatic N) is 1. The molecule has 0 aromatic carbocycles. The molecule has 1 fully saturated rings. The predicted octanol–water partition coefficient (Wildman–Crippen LogP) is -1.06. The topological polar surface area (TPSA) is 127 Å². The zero-order valence-electron chi connectivity index (χ0n) is 9.31. The van der Waals surface area contributed by atoms with Crippen LogP contribution in [0, 0.1) is 0 Å². The van der Waals surface area contributed by atoms with Crippen LogP contribution in [-0.2, 0) is 14.8 Å². The molecule has 5 N–H and O–H groups in total. The highest BCUT2D eigenvalue weighted by atomic mass is 32.2. The second-order valence-electron chi connectivity index (χ2n) is 4.08. The van der Waals surface area contributed by atoms with Crippen molar-refractivity contribution in [2.24, 2.45) is 5.73 Å². The van der Waals surface area contributed by atoms with Crippen LogP contribution < -0.4 is 11.5 Å². The van der Waals surface area contributed by atoms with Crippen LogP contribution in [0.2, 0.25) is 0 Å². The lowest BCUT2D eigenvalue weighted by molar-refractivity contribution is -0.121. The zero-order valence-corrected chi connectivity index (χ0v) is 10.9. The summed E-state index contributed by atoms with van der Waals surface area (Å²) in [5, 5.41) is 11.0. The number of amides is 1. The van der Waals surface area contributed by atoms with E-state index in [0.29, 0.717) is 5.69 Å². The van der Waals surface area contributed by atoms with E-state index in [4.69, 9.17) is 11.5 Å². The summed E-state index contributed by atoms with van der Waals surface area (Å²) in [6, 6.07) is 0.316. The van der Waals surface area contributed by atoms with E-state index >= 15 is 0 Å². The van der Waals surface area contributed by atoms with Crippen molar-refractivity contribution in [1.29, 1.82) is 0 Å². The van der Waals surface area contributed by atoms with E-state index < -0.39 is 28.1 Å². The van der Waals surface area contributed by atoms with Gasteiger partial charge in [-0.3, -0.25) is 4.79 Å². The first-order valence-corrected chi connectivity index (χ1v) is 7.47. The van der Waals surface area contributed by atoms with Gasteiger partial charge < -0.3 is 16.6 Å². The Morgan fingerprint density at radius 2 is 2.22 bits per heavy atom. The largest absolute Gasteiger partial charge is 0.398 e. The van der Waals surface area contributed by atoms with Crippen molar-refractivity contribution >= 4 is 33.0 Å². The molecule has 1 aliphatic rings. The van der Waals surface area contributed by atoms with Gasteiger partial charge in [-0.25, -0.2) is 8.42 Å². The lowest BCUT2D eigenvalue weighted by Gasteiger charge is -2.20. The maximum absolute atomic E-state index is 12.3. The number of rotatable bonds is 3. The van der Waals surface area contributed by atoms with E-state index in [9.17, 15) is 18.3 Å². The predicted molar refractivity (Wildman–Crippen MR) is 66.2 cm³/mol. The summed E-state index contributed by atoms with van der Waals surface area (Å²) >= 11 is 0.970. The first-order chi connectivity index (χ1) is 8.32. The van der Waals surface area contributed by atoms with Crippen LogP contribution >= 0.6 is 11.3 Å². The molecule has 1 aliphatic heterocycles. The van der Waals surface area contributed by atoms with Crippen LogP contribution in [-0.4, -0.2) is 42.4 Å². The maximum atomic E-state index is 12.3. The fourth-order valence-corrected chi connectivity index (χ4v) is 4.74. The molecule has 2 atom stereocenters. The first-order valence-electron chi connectivity index (χ1n) is 5.15. The molecule has 0 aliphatic carbocycles. The summed E-state index contributed by atoms with van der Waals surface area (Å²) in [5.41, 5.74) is 11.0. The summed E-state index contributed by atoms with van der Waals surface area (Å²) in [6.45, 7) is -0.131. The van der Waals surface area contributed by atoms with Crippen LogP contribution in [0.4, 0.5) is 5.69 Å². The van der Waals surface area contributed by atoms with Gasteiger partial charge in [-0.2, -0.15) is 4.31 Å². The van der Waals surface area contributed by atoms with Gasteiger partial charge in [0.15, 0.2) is 0 Å².